The zero-order valence-corrected chi connectivity index (χ0v) is 14.7. The lowest BCUT2D eigenvalue weighted by Gasteiger charge is -2.44. The number of hydrogen-bond acceptors (Lipinski definition) is 5. The minimum atomic E-state index is -5.19. The Morgan fingerprint density at radius 2 is 2.00 bits per heavy atom. The number of nitrogens with zero attached hydrogens (tertiary/aromatic N) is 2. The number of carboxylic acids is 1. The van der Waals surface area contributed by atoms with Crippen LogP contribution < -0.4 is 20.3 Å². The third-order valence-electron chi connectivity index (χ3n) is 5.03. The number of aromatic nitrogens is 2. The monoisotopic (exact) mass is 380 g/mol. The summed E-state index contributed by atoms with van der Waals surface area (Å²) in [5.41, 5.74) is 2.65. The number of alkyl halides is 3. The second-order valence-corrected chi connectivity index (χ2v) is 6.97. The van der Waals surface area contributed by atoms with Crippen LogP contribution in [0.25, 0.3) is 0 Å². The Morgan fingerprint density at radius 1 is 1.33 bits per heavy atom. The van der Waals surface area contributed by atoms with Crippen molar-refractivity contribution in [2.75, 3.05) is 17.2 Å². The summed E-state index contributed by atoms with van der Waals surface area (Å²) in [6.07, 6.45) is 0.652. The van der Waals surface area contributed by atoms with Gasteiger partial charge in [-0.1, -0.05) is 18.2 Å². The molecule has 0 spiro atoms. The lowest BCUT2D eigenvalue weighted by atomic mass is 9.74. The normalized spacial score (nSPS) is 21.8. The number of halogens is 3. The van der Waals surface area contributed by atoms with Crippen LogP contribution in [0.4, 0.5) is 24.7 Å². The van der Waals surface area contributed by atoms with Gasteiger partial charge in [0.2, 0.25) is 0 Å². The quantitative estimate of drug-likeness (QED) is 0.679. The predicted octanol–water partition coefficient (Wildman–Crippen LogP) is 1.61. The minimum Gasteiger partial charge on any atom is -0.542 e. The molecule has 4 rings (SSSR count). The molecule has 0 saturated heterocycles. The van der Waals surface area contributed by atoms with Gasteiger partial charge in [-0.25, -0.2) is 4.57 Å². The van der Waals surface area contributed by atoms with Crippen molar-refractivity contribution in [3.8, 4) is 0 Å². The highest BCUT2D eigenvalue weighted by molar-refractivity contribution is 5.70. The van der Waals surface area contributed by atoms with Crippen LogP contribution in [0.2, 0.25) is 0 Å². The summed E-state index contributed by atoms with van der Waals surface area (Å²) in [4.78, 5) is 13.0. The number of carbonyl (C=O) groups excluding carboxylic acids is 1. The molecule has 0 fully saturated rings. The van der Waals surface area contributed by atoms with Crippen molar-refractivity contribution in [3.63, 3.8) is 0 Å². The number of carbonyl (C=O) groups is 1. The fourth-order valence-electron chi connectivity index (χ4n) is 3.63. The van der Waals surface area contributed by atoms with Crippen LogP contribution in [-0.2, 0) is 10.3 Å². The Hall–Kier alpha value is -2.84. The molecule has 0 bridgehead atoms. The maximum atomic E-state index is 10.5. The van der Waals surface area contributed by atoms with Gasteiger partial charge in [-0.15, -0.1) is 0 Å². The second kappa shape index (κ2) is 6.71. The molecule has 2 atom stereocenters. The van der Waals surface area contributed by atoms with Crippen LogP contribution in [0.1, 0.15) is 25.5 Å². The van der Waals surface area contributed by atoms with Gasteiger partial charge in [-0.05, 0) is 19.9 Å². The van der Waals surface area contributed by atoms with E-state index >= 15 is 0 Å². The first-order valence-electron chi connectivity index (χ1n) is 8.36. The molecule has 2 aliphatic rings. The molecule has 9 heteroatoms. The van der Waals surface area contributed by atoms with Crippen molar-refractivity contribution in [2.24, 2.45) is 5.92 Å². The molecule has 0 radical (unpaired) electrons. The third-order valence-corrected chi connectivity index (χ3v) is 5.03. The Kier molecular flexibility index (Phi) is 4.71. The molecule has 0 aliphatic carbocycles. The Morgan fingerprint density at radius 3 is 2.67 bits per heavy atom. The number of para-hydroxylation sites is 1. The number of benzene rings is 1. The number of hydrogen-bond donors (Lipinski definition) is 2. The van der Waals surface area contributed by atoms with Gasteiger partial charge in [0, 0.05) is 17.8 Å². The van der Waals surface area contributed by atoms with Gasteiger partial charge in [0.25, 0.3) is 5.82 Å². The fourth-order valence-corrected chi connectivity index (χ4v) is 3.63. The molecule has 2 aliphatic heterocycles. The predicted molar refractivity (Wildman–Crippen MR) is 89.6 cm³/mol. The van der Waals surface area contributed by atoms with Crippen LogP contribution in [0, 0.1) is 5.92 Å². The van der Waals surface area contributed by atoms with Crippen LogP contribution in [-0.4, -0.2) is 23.7 Å². The number of anilines is 2. The molecular formula is C18H19F3N4O2. The molecule has 2 N–H and O–H groups in total. The summed E-state index contributed by atoms with van der Waals surface area (Å²) >= 11 is 0. The van der Waals surface area contributed by atoms with E-state index in [1.807, 2.05) is 12.4 Å². The van der Waals surface area contributed by atoms with E-state index < -0.39 is 12.1 Å². The SMILES string of the molecule is CC1(C)[C@H]2CNc3ccccc3[C@@H]2Nc2cncc[n+]21.O=C([O-])C(F)(F)F. The van der Waals surface area contributed by atoms with Gasteiger partial charge in [-0.3, -0.25) is 10.3 Å². The Bertz CT molecular complexity index is 854. The van der Waals surface area contributed by atoms with Crippen LogP contribution in [0.5, 0.6) is 0 Å². The zero-order chi connectivity index (χ0) is 19.8. The summed E-state index contributed by atoms with van der Waals surface area (Å²) in [6.45, 7) is 5.60. The first-order chi connectivity index (χ1) is 12.6. The molecular weight excluding hydrogens is 361 g/mol. The summed E-state index contributed by atoms with van der Waals surface area (Å²) in [5.74, 6) is -1.42. The highest BCUT2D eigenvalue weighted by atomic mass is 19.4. The van der Waals surface area contributed by atoms with Gasteiger partial charge in [0.05, 0.1) is 12.1 Å². The van der Waals surface area contributed by atoms with E-state index in [0.29, 0.717) is 12.0 Å². The largest absolute Gasteiger partial charge is 0.542 e. The van der Waals surface area contributed by atoms with Crippen molar-refractivity contribution < 1.29 is 27.6 Å². The molecule has 1 aromatic carbocycles. The molecule has 27 heavy (non-hydrogen) atoms. The average molecular weight is 380 g/mol. The van der Waals surface area contributed by atoms with E-state index in [4.69, 9.17) is 9.90 Å². The molecule has 6 nitrogen and oxygen atoms in total. The fraction of sp³-hybridized carbons (Fsp3) is 0.389. The van der Waals surface area contributed by atoms with Crippen LogP contribution >= 0.6 is 0 Å². The van der Waals surface area contributed by atoms with E-state index in [0.717, 1.165) is 12.4 Å². The number of rotatable bonds is 0. The van der Waals surface area contributed by atoms with Crippen molar-refractivity contribution in [1.29, 1.82) is 0 Å². The average Bonchev–Trinajstić information content (AvgIpc) is 2.61. The zero-order valence-electron chi connectivity index (χ0n) is 14.7. The van der Waals surface area contributed by atoms with Crippen molar-refractivity contribution >= 4 is 17.5 Å². The molecule has 0 amide bonds. The number of carboxylic acid groups (broad SMARTS) is 1. The van der Waals surface area contributed by atoms with Crippen LogP contribution in [0.15, 0.2) is 42.9 Å². The molecule has 1 aromatic heterocycles. The summed E-state index contributed by atoms with van der Waals surface area (Å²) in [7, 11) is 0. The Labute approximate surface area is 154 Å². The van der Waals surface area contributed by atoms with Crippen molar-refractivity contribution in [2.45, 2.75) is 31.6 Å². The number of aliphatic carboxylic acids is 1. The van der Waals surface area contributed by atoms with Gasteiger partial charge >= 0.3 is 6.18 Å². The summed E-state index contributed by atoms with van der Waals surface area (Å²) < 4.78 is 33.9. The molecule has 3 heterocycles. The van der Waals surface area contributed by atoms with Crippen molar-refractivity contribution in [3.05, 3.63) is 48.4 Å². The highest BCUT2D eigenvalue weighted by Crippen LogP contribution is 2.43. The molecule has 144 valence electrons. The van der Waals surface area contributed by atoms with Crippen molar-refractivity contribution in [1.82, 2.24) is 4.98 Å². The van der Waals surface area contributed by atoms with Gasteiger partial charge in [0.1, 0.15) is 29.9 Å². The smallest absolute Gasteiger partial charge is 0.430 e. The van der Waals surface area contributed by atoms with Gasteiger partial charge in [-0.2, -0.15) is 13.2 Å². The molecule has 2 aromatic rings. The van der Waals surface area contributed by atoms with E-state index in [2.05, 4.69) is 64.5 Å². The lowest BCUT2D eigenvalue weighted by Crippen LogP contribution is -2.65. The topological polar surface area (TPSA) is 81.0 Å². The van der Waals surface area contributed by atoms with E-state index in [1.54, 1.807) is 0 Å². The highest BCUT2D eigenvalue weighted by Gasteiger charge is 2.50. The van der Waals surface area contributed by atoms with E-state index in [-0.39, 0.29) is 5.54 Å². The third kappa shape index (κ3) is 3.54. The number of nitrogens with one attached hydrogen (secondary N) is 2. The second-order valence-electron chi connectivity index (χ2n) is 6.97. The van der Waals surface area contributed by atoms with Crippen LogP contribution in [0.3, 0.4) is 0 Å². The Balaban J connectivity index is 0.000000260. The molecule has 0 saturated carbocycles. The van der Waals surface area contributed by atoms with Gasteiger partial charge < -0.3 is 15.2 Å². The standard InChI is InChI=1S/C16H18N4.C2HF3O2/c1-16(2)12-9-18-13-6-4-3-5-11(13)15(12)19-14-10-17-7-8-20(14)16;3-2(4,5)1(6)7/h3-8,10,12,15,18H,9H2,1-2H3;(H,6,7)/t12-,15-;/m0./s1. The number of fused-ring (bicyclic) bond motifs is 4. The van der Waals surface area contributed by atoms with Gasteiger partial charge in [0.15, 0.2) is 0 Å². The maximum Gasteiger partial charge on any atom is 0.430 e. The minimum absolute atomic E-state index is 0.0503. The maximum absolute atomic E-state index is 10.5. The van der Waals surface area contributed by atoms with E-state index in [9.17, 15) is 13.2 Å². The summed E-state index contributed by atoms with van der Waals surface area (Å²) in [5, 5.41) is 16.0. The first-order valence-corrected chi connectivity index (χ1v) is 8.36. The lowest BCUT2D eigenvalue weighted by molar-refractivity contribution is -0.758. The molecule has 0 unspecified atom stereocenters. The van der Waals surface area contributed by atoms with E-state index in [1.165, 1.54) is 11.3 Å². The first kappa shape index (κ1) is 18.9. The summed E-state index contributed by atoms with van der Waals surface area (Å²) in [6, 6.07) is 8.92.